The number of likely N-dealkylation sites (N-methyl/N-ethyl adjacent to an activating group) is 1. The lowest BCUT2D eigenvalue weighted by Crippen LogP contribution is -2.35. The molecule has 0 bridgehead atoms. The third-order valence-electron chi connectivity index (χ3n) is 3.12. The average molecular weight is 298 g/mol. The largest absolute Gasteiger partial charge is 0.369 e. The molecule has 0 radical (unpaired) electrons. The van der Waals surface area contributed by atoms with Crippen molar-refractivity contribution in [3.05, 3.63) is 29.3 Å². The van der Waals surface area contributed by atoms with Gasteiger partial charge in [0.2, 0.25) is 15.9 Å². The van der Waals surface area contributed by atoms with Crippen molar-refractivity contribution in [2.75, 3.05) is 13.6 Å². The number of carbonyl (C=O) groups is 1. The number of rotatable bonds is 4. The molecule has 0 aliphatic carbocycles. The first-order valence-corrected chi connectivity index (χ1v) is 7.76. The molecular formula is C14H22N2O3S. The summed E-state index contributed by atoms with van der Waals surface area (Å²) in [7, 11) is -2.36. The molecule has 112 valence electrons. The first-order chi connectivity index (χ1) is 8.96. The smallest absolute Gasteiger partial charge is 0.243 e. The van der Waals surface area contributed by atoms with Gasteiger partial charge in [-0.1, -0.05) is 32.9 Å². The summed E-state index contributed by atoms with van der Waals surface area (Å²) < 4.78 is 25.9. The van der Waals surface area contributed by atoms with Crippen molar-refractivity contribution in [1.29, 1.82) is 0 Å². The van der Waals surface area contributed by atoms with Crippen LogP contribution in [0.15, 0.2) is 23.1 Å². The minimum absolute atomic E-state index is 0.153. The van der Waals surface area contributed by atoms with Gasteiger partial charge in [0.1, 0.15) is 0 Å². The number of hydrogen-bond acceptors (Lipinski definition) is 3. The van der Waals surface area contributed by atoms with Crippen LogP contribution < -0.4 is 5.73 Å². The molecule has 1 aromatic rings. The van der Waals surface area contributed by atoms with E-state index in [4.69, 9.17) is 5.73 Å². The Balaban J connectivity index is 3.34. The Morgan fingerprint density at radius 2 is 1.85 bits per heavy atom. The zero-order chi connectivity index (χ0) is 15.7. The maximum atomic E-state index is 12.5. The average Bonchev–Trinajstić information content (AvgIpc) is 2.26. The van der Waals surface area contributed by atoms with Crippen LogP contribution in [0.3, 0.4) is 0 Å². The van der Waals surface area contributed by atoms with Crippen LogP contribution in [0.1, 0.15) is 31.9 Å². The van der Waals surface area contributed by atoms with Gasteiger partial charge in [0.25, 0.3) is 0 Å². The second-order valence-corrected chi connectivity index (χ2v) is 7.97. The van der Waals surface area contributed by atoms with Crippen LogP contribution in [-0.2, 0) is 20.2 Å². The van der Waals surface area contributed by atoms with Crippen LogP contribution in [0.2, 0.25) is 0 Å². The Morgan fingerprint density at radius 1 is 1.30 bits per heavy atom. The van der Waals surface area contributed by atoms with Gasteiger partial charge >= 0.3 is 0 Å². The molecule has 20 heavy (non-hydrogen) atoms. The summed E-state index contributed by atoms with van der Waals surface area (Å²) in [6.45, 7) is 7.45. The number of amides is 1. The Bertz CT molecular complexity index is 616. The Kier molecular flexibility index (Phi) is 4.61. The van der Waals surface area contributed by atoms with Crippen LogP contribution >= 0.6 is 0 Å². The maximum absolute atomic E-state index is 12.5. The first kappa shape index (κ1) is 16.7. The molecule has 0 saturated heterocycles. The van der Waals surface area contributed by atoms with Crippen molar-refractivity contribution in [3.63, 3.8) is 0 Å². The summed E-state index contributed by atoms with van der Waals surface area (Å²) >= 11 is 0. The molecule has 2 N–H and O–H groups in total. The van der Waals surface area contributed by atoms with Gasteiger partial charge in [0, 0.05) is 7.05 Å². The van der Waals surface area contributed by atoms with Gasteiger partial charge in [-0.05, 0) is 29.5 Å². The highest BCUT2D eigenvalue weighted by molar-refractivity contribution is 7.89. The molecule has 6 heteroatoms. The number of benzene rings is 1. The fourth-order valence-electron chi connectivity index (χ4n) is 1.82. The molecule has 0 spiro atoms. The van der Waals surface area contributed by atoms with Crippen molar-refractivity contribution in [2.24, 2.45) is 5.73 Å². The van der Waals surface area contributed by atoms with E-state index >= 15 is 0 Å². The molecule has 1 rings (SSSR count). The number of aryl methyl sites for hydroxylation is 1. The Hall–Kier alpha value is -1.40. The topological polar surface area (TPSA) is 80.5 Å². The summed E-state index contributed by atoms with van der Waals surface area (Å²) in [5.41, 5.74) is 6.48. The lowest BCUT2D eigenvalue weighted by molar-refractivity contribution is -0.118. The zero-order valence-electron chi connectivity index (χ0n) is 12.6. The molecule has 1 aromatic carbocycles. The highest BCUT2D eigenvalue weighted by Gasteiger charge is 2.26. The predicted molar refractivity (Wildman–Crippen MR) is 78.9 cm³/mol. The van der Waals surface area contributed by atoms with Gasteiger partial charge < -0.3 is 5.73 Å². The van der Waals surface area contributed by atoms with Crippen LogP contribution in [0.5, 0.6) is 0 Å². The summed E-state index contributed by atoms with van der Waals surface area (Å²) in [4.78, 5) is 11.1. The number of primary amides is 1. The number of hydrogen-bond donors (Lipinski definition) is 1. The van der Waals surface area contributed by atoms with Crippen molar-refractivity contribution < 1.29 is 13.2 Å². The van der Waals surface area contributed by atoms with E-state index < -0.39 is 15.9 Å². The van der Waals surface area contributed by atoms with E-state index in [-0.39, 0.29) is 16.9 Å². The van der Waals surface area contributed by atoms with Crippen LogP contribution in [0.25, 0.3) is 0 Å². The van der Waals surface area contributed by atoms with Gasteiger partial charge in [-0.3, -0.25) is 4.79 Å². The molecular weight excluding hydrogens is 276 g/mol. The van der Waals surface area contributed by atoms with E-state index in [1.165, 1.54) is 7.05 Å². The monoisotopic (exact) mass is 298 g/mol. The van der Waals surface area contributed by atoms with E-state index in [1.807, 2.05) is 26.8 Å². The second kappa shape index (κ2) is 5.54. The Labute approximate surface area is 120 Å². The van der Waals surface area contributed by atoms with Gasteiger partial charge in [0.05, 0.1) is 11.4 Å². The van der Waals surface area contributed by atoms with Crippen LogP contribution in [-0.4, -0.2) is 32.2 Å². The third-order valence-corrected chi connectivity index (χ3v) is 5.07. The minimum atomic E-state index is -3.71. The fourth-order valence-corrected chi connectivity index (χ4v) is 3.20. The van der Waals surface area contributed by atoms with Gasteiger partial charge in [-0.2, -0.15) is 4.31 Å². The fraction of sp³-hybridized carbons (Fsp3) is 0.500. The van der Waals surface area contributed by atoms with E-state index in [2.05, 4.69) is 0 Å². The molecule has 0 atom stereocenters. The molecule has 5 nitrogen and oxygen atoms in total. The molecule has 0 aliphatic rings. The molecule has 0 saturated carbocycles. The quantitative estimate of drug-likeness (QED) is 0.912. The van der Waals surface area contributed by atoms with Crippen LogP contribution in [0, 0.1) is 6.92 Å². The van der Waals surface area contributed by atoms with E-state index in [0.29, 0.717) is 5.56 Å². The zero-order valence-corrected chi connectivity index (χ0v) is 13.4. The summed E-state index contributed by atoms with van der Waals surface area (Å²) in [6.07, 6.45) is 0. The summed E-state index contributed by atoms with van der Waals surface area (Å²) in [5, 5.41) is 0. The van der Waals surface area contributed by atoms with Gasteiger partial charge in [-0.25, -0.2) is 8.42 Å². The SMILES string of the molecule is Cc1ccc(C(C)(C)C)cc1S(=O)(=O)N(C)CC(N)=O. The third kappa shape index (κ3) is 3.58. The number of nitrogens with two attached hydrogens (primary N) is 1. The number of sulfonamides is 1. The van der Waals surface area contributed by atoms with Crippen molar-refractivity contribution in [2.45, 2.75) is 38.0 Å². The lowest BCUT2D eigenvalue weighted by atomic mass is 9.87. The molecule has 0 unspecified atom stereocenters. The van der Waals surface area contributed by atoms with Gasteiger partial charge in [0.15, 0.2) is 0 Å². The lowest BCUT2D eigenvalue weighted by Gasteiger charge is -2.22. The van der Waals surface area contributed by atoms with Crippen molar-refractivity contribution in [1.82, 2.24) is 4.31 Å². The highest BCUT2D eigenvalue weighted by atomic mass is 32.2. The molecule has 0 fully saturated rings. The van der Waals surface area contributed by atoms with E-state index in [0.717, 1.165) is 9.87 Å². The number of carbonyl (C=O) groups excluding carboxylic acids is 1. The molecule has 0 aromatic heterocycles. The minimum Gasteiger partial charge on any atom is -0.369 e. The second-order valence-electron chi connectivity index (χ2n) is 5.96. The molecule has 0 heterocycles. The standard InChI is InChI=1S/C14H22N2O3S/c1-10-6-7-11(14(2,3)4)8-12(10)20(18,19)16(5)9-13(15)17/h6-8H,9H2,1-5H3,(H2,15,17). The first-order valence-electron chi connectivity index (χ1n) is 6.32. The normalized spacial score (nSPS) is 12.7. The van der Waals surface area contributed by atoms with E-state index in [9.17, 15) is 13.2 Å². The molecule has 1 amide bonds. The van der Waals surface area contributed by atoms with Crippen LogP contribution in [0.4, 0.5) is 0 Å². The predicted octanol–water partition coefficient (Wildman–Crippen LogP) is 1.40. The highest BCUT2D eigenvalue weighted by Crippen LogP contribution is 2.27. The maximum Gasteiger partial charge on any atom is 0.243 e. The van der Waals surface area contributed by atoms with Crippen molar-refractivity contribution >= 4 is 15.9 Å². The Morgan fingerprint density at radius 3 is 2.30 bits per heavy atom. The number of nitrogens with zero attached hydrogens (tertiary/aromatic N) is 1. The summed E-state index contributed by atoms with van der Waals surface area (Å²) in [5.74, 6) is -0.680. The summed E-state index contributed by atoms with van der Waals surface area (Å²) in [6, 6.07) is 5.37. The van der Waals surface area contributed by atoms with Crippen molar-refractivity contribution in [3.8, 4) is 0 Å². The van der Waals surface area contributed by atoms with E-state index in [1.54, 1.807) is 19.1 Å². The molecule has 0 aliphatic heterocycles. The van der Waals surface area contributed by atoms with Gasteiger partial charge in [-0.15, -0.1) is 0 Å².